The second kappa shape index (κ2) is 12.6. The van der Waals surface area contributed by atoms with E-state index in [0.29, 0.717) is 18.5 Å². The van der Waals surface area contributed by atoms with Crippen LogP contribution < -0.4 is 19.5 Å². The molecule has 0 aliphatic carbocycles. The lowest BCUT2D eigenvalue weighted by molar-refractivity contribution is 0.0951. The first kappa shape index (κ1) is 26.5. The summed E-state index contributed by atoms with van der Waals surface area (Å²) >= 11 is 0. The molecule has 0 atom stereocenters. The molecule has 196 valence electrons. The van der Waals surface area contributed by atoms with Crippen LogP contribution in [0.2, 0.25) is 0 Å². The molecule has 3 aromatic rings. The summed E-state index contributed by atoms with van der Waals surface area (Å²) in [5, 5.41) is 3.09. The average Bonchev–Trinajstić information content (AvgIpc) is 2.93. The summed E-state index contributed by atoms with van der Waals surface area (Å²) in [6.45, 7) is 5.17. The van der Waals surface area contributed by atoms with Crippen LogP contribution >= 0.6 is 0 Å². The Kier molecular flexibility index (Phi) is 9.01. The first-order chi connectivity index (χ1) is 18.0. The molecule has 0 radical (unpaired) electrons. The lowest BCUT2D eigenvalue weighted by Gasteiger charge is -2.32. The Balaban J connectivity index is 1.39. The third-order valence-electron chi connectivity index (χ3n) is 7.04. The molecule has 1 saturated heterocycles. The van der Waals surface area contributed by atoms with Crippen LogP contribution in [-0.4, -0.2) is 56.8 Å². The number of piperidine rings is 1. The molecule has 7 nitrogen and oxygen atoms in total. The summed E-state index contributed by atoms with van der Waals surface area (Å²) in [6, 6.07) is 17.7. The smallest absolute Gasteiger partial charge is 0.253 e. The summed E-state index contributed by atoms with van der Waals surface area (Å²) in [5.74, 6) is 2.72. The molecule has 1 aliphatic rings. The van der Waals surface area contributed by atoms with Crippen LogP contribution in [-0.2, 0) is 13.0 Å². The summed E-state index contributed by atoms with van der Waals surface area (Å²) in [5.41, 5.74) is 4.72. The third-order valence-corrected chi connectivity index (χ3v) is 7.04. The van der Waals surface area contributed by atoms with E-state index in [9.17, 15) is 4.79 Å². The van der Waals surface area contributed by atoms with Crippen molar-refractivity contribution < 1.29 is 19.0 Å². The molecule has 2 aromatic carbocycles. The third kappa shape index (κ3) is 6.60. The van der Waals surface area contributed by atoms with Gasteiger partial charge in [0.2, 0.25) is 0 Å². The van der Waals surface area contributed by atoms with Crippen LogP contribution in [0.4, 0.5) is 0 Å². The van der Waals surface area contributed by atoms with E-state index < -0.39 is 0 Å². The van der Waals surface area contributed by atoms with Gasteiger partial charge in [-0.25, -0.2) is 0 Å². The Morgan fingerprint density at radius 1 is 0.946 bits per heavy atom. The van der Waals surface area contributed by atoms with Crippen molar-refractivity contribution in [2.45, 2.75) is 38.6 Å². The zero-order valence-electron chi connectivity index (χ0n) is 22.3. The molecule has 1 fully saturated rings. The van der Waals surface area contributed by atoms with E-state index in [2.05, 4.69) is 10.2 Å². The zero-order chi connectivity index (χ0) is 26.2. The van der Waals surface area contributed by atoms with E-state index in [1.54, 1.807) is 21.3 Å². The monoisotopic (exact) mass is 503 g/mol. The summed E-state index contributed by atoms with van der Waals surface area (Å²) < 4.78 is 16.4. The fourth-order valence-corrected chi connectivity index (χ4v) is 5.01. The molecular formula is C30H37N3O4. The minimum atomic E-state index is -0.0686. The highest BCUT2D eigenvalue weighted by Gasteiger charge is 2.26. The van der Waals surface area contributed by atoms with E-state index >= 15 is 0 Å². The number of carbonyl (C=O) groups is 1. The normalized spacial score (nSPS) is 14.3. The van der Waals surface area contributed by atoms with Gasteiger partial charge >= 0.3 is 0 Å². The number of likely N-dealkylation sites (tertiary alicyclic amines) is 1. The SMILES string of the molecule is COc1ccc(OC)c(CN2CCC(c3nc(C)ccc3C(=O)NCCc3ccccc3OC)CC2)c1. The van der Waals surface area contributed by atoms with Crippen LogP contribution in [0.5, 0.6) is 17.2 Å². The van der Waals surface area contributed by atoms with Gasteiger partial charge in [-0.1, -0.05) is 18.2 Å². The molecule has 1 aromatic heterocycles. The number of amides is 1. The van der Waals surface area contributed by atoms with Crippen molar-refractivity contribution in [1.29, 1.82) is 0 Å². The minimum Gasteiger partial charge on any atom is -0.497 e. The van der Waals surface area contributed by atoms with Gasteiger partial charge < -0.3 is 19.5 Å². The molecule has 2 heterocycles. The van der Waals surface area contributed by atoms with Crippen molar-refractivity contribution in [2.24, 2.45) is 0 Å². The molecular weight excluding hydrogens is 466 g/mol. The largest absolute Gasteiger partial charge is 0.497 e. The number of methoxy groups -OCH3 is 3. The highest BCUT2D eigenvalue weighted by molar-refractivity contribution is 5.95. The number of pyridine rings is 1. The first-order valence-electron chi connectivity index (χ1n) is 12.8. The molecule has 0 spiro atoms. The molecule has 37 heavy (non-hydrogen) atoms. The van der Waals surface area contributed by atoms with Crippen LogP contribution in [0.15, 0.2) is 54.6 Å². The molecule has 4 rings (SSSR count). The number of ether oxygens (including phenoxy) is 3. The van der Waals surface area contributed by atoms with Crippen LogP contribution in [0, 0.1) is 6.92 Å². The van der Waals surface area contributed by atoms with E-state index in [-0.39, 0.29) is 11.8 Å². The van der Waals surface area contributed by atoms with Gasteiger partial charge in [0.1, 0.15) is 17.2 Å². The predicted octanol–water partition coefficient (Wildman–Crippen LogP) is 4.77. The van der Waals surface area contributed by atoms with Crippen LogP contribution in [0.25, 0.3) is 0 Å². The Labute approximate surface area is 219 Å². The number of aryl methyl sites for hydroxylation is 1. The van der Waals surface area contributed by atoms with Gasteiger partial charge in [0.25, 0.3) is 5.91 Å². The summed E-state index contributed by atoms with van der Waals surface area (Å²) in [7, 11) is 5.04. The topological polar surface area (TPSA) is 72.9 Å². The zero-order valence-corrected chi connectivity index (χ0v) is 22.3. The van der Waals surface area contributed by atoms with Gasteiger partial charge in [-0.2, -0.15) is 0 Å². The van der Waals surface area contributed by atoms with Crippen molar-refractivity contribution >= 4 is 5.91 Å². The Morgan fingerprint density at radius 3 is 2.41 bits per heavy atom. The molecule has 7 heteroatoms. The second-order valence-corrected chi connectivity index (χ2v) is 9.43. The number of benzene rings is 2. The summed E-state index contributed by atoms with van der Waals surface area (Å²) in [4.78, 5) is 20.4. The number of aromatic nitrogens is 1. The molecule has 1 N–H and O–H groups in total. The number of hydrogen-bond acceptors (Lipinski definition) is 6. The Morgan fingerprint density at radius 2 is 1.68 bits per heavy atom. The van der Waals surface area contributed by atoms with Crippen molar-refractivity contribution in [1.82, 2.24) is 15.2 Å². The number of carbonyl (C=O) groups excluding carboxylic acids is 1. The predicted molar refractivity (Wildman–Crippen MR) is 145 cm³/mol. The average molecular weight is 504 g/mol. The van der Waals surface area contributed by atoms with Crippen molar-refractivity contribution in [3.63, 3.8) is 0 Å². The molecule has 0 saturated carbocycles. The number of rotatable bonds is 10. The lowest BCUT2D eigenvalue weighted by atomic mass is 9.89. The number of nitrogens with one attached hydrogen (secondary N) is 1. The second-order valence-electron chi connectivity index (χ2n) is 9.43. The van der Waals surface area contributed by atoms with Crippen LogP contribution in [0.1, 0.15) is 51.6 Å². The first-order valence-corrected chi connectivity index (χ1v) is 12.8. The van der Waals surface area contributed by atoms with E-state index in [1.165, 1.54) is 0 Å². The van der Waals surface area contributed by atoms with Gasteiger partial charge in [0.15, 0.2) is 0 Å². The van der Waals surface area contributed by atoms with Gasteiger partial charge in [-0.15, -0.1) is 0 Å². The van der Waals surface area contributed by atoms with Gasteiger partial charge in [0, 0.05) is 30.3 Å². The molecule has 1 amide bonds. The maximum Gasteiger partial charge on any atom is 0.253 e. The fraction of sp³-hybridized carbons (Fsp3) is 0.400. The molecule has 1 aliphatic heterocycles. The van der Waals surface area contributed by atoms with Crippen molar-refractivity contribution in [3.05, 3.63) is 82.7 Å². The quantitative estimate of drug-likeness (QED) is 0.430. The maximum atomic E-state index is 13.2. The Hall–Kier alpha value is -3.58. The lowest BCUT2D eigenvalue weighted by Crippen LogP contribution is -2.34. The fourth-order valence-electron chi connectivity index (χ4n) is 5.01. The van der Waals surface area contributed by atoms with Gasteiger partial charge in [0.05, 0.1) is 32.6 Å². The number of para-hydroxylation sites is 1. The van der Waals surface area contributed by atoms with Crippen molar-refractivity contribution in [3.8, 4) is 17.2 Å². The number of nitrogens with zero attached hydrogens (tertiary/aromatic N) is 2. The van der Waals surface area contributed by atoms with E-state index in [0.717, 1.165) is 72.2 Å². The van der Waals surface area contributed by atoms with Gasteiger partial charge in [-0.05, 0) is 81.2 Å². The van der Waals surface area contributed by atoms with Crippen molar-refractivity contribution in [2.75, 3.05) is 41.0 Å². The highest BCUT2D eigenvalue weighted by Crippen LogP contribution is 2.32. The van der Waals surface area contributed by atoms with E-state index in [4.69, 9.17) is 19.2 Å². The maximum absolute atomic E-state index is 13.2. The van der Waals surface area contributed by atoms with E-state index in [1.807, 2.05) is 61.5 Å². The highest BCUT2D eigenvalue weighted by atomic mass is 16.5. The summed E-state index contributed by atoms with van der Waals surface area (Å²) in [6.07, 6.45) is 2.60. The minimum absolute atomic E-state index is 0.0686. The standard InChI is InChI=1S/C30H37N3O4/c1-21-9-11-26(30(34)31-16-13-22-7-5-6-8-27(22)36-3)29(32-21)23-14-17-33(18-15-23)20-24-19-25(35-2)10-12-28(24)37-4/h5-12,19,23H,13-18,20H2,1-4H3,(H,31,34). The molecule has 0 unspecified atom stereocenters. The van der Waals surface area contributed by atoms with Gasteiger partial charge in [-0.3, -0.25) is 14.7 Å². The number of hydrogen-bond donors (Lipinski definition) is 1. The molecule has 0 bridgehead atoms. The van der Waals surface area contributed by atoms with Crippen LogP contribution in [0.3, 0.4) is 0 Å². The Bertz CT molecular complexity index is 1210.